The summed E-state index contributed by atoms with van der Waals surface area (Å²) < 4.78 is 1.84. The molecule has 6 nitrogen and oxygen atoms in total. The quantitative estimate of drug-likeness (QED) is 0.541. The molecule has 0 unspecified atom stereocenters. The van der Waals surface area contributed by atoms with E-state index in [-0.39, 0.29) is 0 Å². The minimum atomic E-state index is 0.657. The van der Waals surface area contributed by atoms with E-state index in [1.54, 1.807) is 19.5 Å². The van der Waals surface area contributed by atoms with Crippen LogP contribution in [-0.2, 0) is 0 Å². The highest BCUT2D eigenvalue weighted by atomic mass is 15.3. The first-order valence-corrected chi connectivity index (χ1v) is 7.92. The molecule has 0 fully saturated rings. The number of hydrogen-bond donors (Lipinski definition) is 0. The van der Waals surface area contributed by atoms with Crippen LogP contribution in [0.25, 0.3) is 28.1 Å². The predicted octanol–water partition coefficient (Wildman–Crippen LogP) is 3.23. The van der Waals surface area contributed by atoms with Crippen LogP contribution in [0.5, 0.6) is 0 Å². The average Bonchev–Trinajstić information content (AvgIpc) is 3.05. The number of fused-ring (bicyclic) bond motifs is 1. The second-order valence-corrected chi connectivity index (χ2v) is 5.66. The van der Waals surface area contributed by atoms with Crippen molar-refractivity contribution < 1.29 is 0 Å². The normalized spacial score (nSPS) is 11.4. The van der Waals surface area contributed by atoms with Gasteiger partial charge < -0.3 is 0 Å². The van der Waals surface area contributed by atoms with Crippen LogP contribution in [0.1, 0.15) is 11.4 Å². The minimum Gasteiger partial charge on any atom is -0.294 e. The van der Waals surface area contributed by atoms with Gasteiger partial charge in [-0.3, -0.25) is 4.99 Å². The van der Waals surface area contributed by atoms with Gasteiger partial charge in [0.05, 0.1) is 17.4 Å². The highest BCUT2D eigenvalue weighted by molar-refractivity contribution is 5.85. The molecule has 0 saturated carbocycles. The lowest BCUT2D eigenvalue weighted by Crippen LogP contribution is -2.00. The molecule has 6 heteroatoms. The van der Waals surface area contributed by atoms with Gasteiger partial charge >= 0.3 is 0 Å². The number of hydrogen-bond acceptors (Lipinski definition) is 5. The van der Waals surface area contributed by atoms with Gasteiger partial charge in [-0.15, -0.1) is 0 Å². The Labute approximate surface area is 144 Å². The van der Waals surface area contributed by atoms with Crippen LogP contribution in [0.15, 0.2) is 59.9 Å². The van der Waals surface area contributed by atoms with Gasteiger partial charge in [-0.05, 0) is 31.2 Å². The number of aryl methyl sites for hydroxylation is 1. The summed E-state index contributed by atoms with van der Waals surface area (Å²) in [5.41, 5.74) is 3.62. The SMILES string of the molecule is C/N=C/c1ccnc(-c2ccc3cnn(-c4cccc(C)n4)c3c2)n1. The first-order chi connectivity index (χ1) is 12.2. The van der Waals surface area contributed by atoms with Crippen LogP contribution in [0.4, 0.5) is 0 Å². The smallest absolute Gasteiger partial charge is 0.159 e. The van der Waals surface area contributed by atoms with Crippen molar-refractivity contribution in [3.8, 4) is 17.2 Å². The van der Waals surface area contributed by atoms with Gasteiger partial charge in [0, 0.05) is 36.1 Å². The van der Waals surface area contributed by atoms with Gasteiger partial charge in [-0.1, -0.05) is 18.2 Å². The Kier molecular flexibility index (Phi) is 3.78. The first-order valence-electron chi connectivity index (χ1n) is 7.92. The van der Waals surface area contributed by atoms with E-state index in [1.807, 2.05) is 60.3 Å². The van der Waals surface area contributed by atoms with E-state index < -0.39 is 0 Å². The Bertz CT molecular complexity index is 1080. The zero-order chi connectivity index (χ0) is 17.2. The van der Waals surface area contributed by atoms with Gasteiger partial charge in [0.2, 0.25) is 0 Å². The highest BCUT2D eigenvalue weighted by Gasteiger charge is 2.09. The third-order valence-corrected chi connectivity index (χ3v) is 3.86. The van der Waals surface area contributed by atoms with Crippen molar-refractivity contribution in [3.63, 3.8) is 0 Å². The van der Waals surface area contributed by atoms with Crippen LogP contribution in [-0.4, -0.2) is 38.0 Å². The Morgan fingerprint density at radius 3 is 2.84 bits per heavy atom. The van der Waals surface area contributed by atoms with Gasteiger partial charge in [-0.2, -0.15) is 5.10 Å². The van der Waals surface area contributed by atoms with Crippen molar-refractivity contribution in [1.29, 1.82) is 0 Å². The Morgan fingerprint density at radius 2 is 2.00 bits per heavy atom. The Morgan fingerprint density at radius 1 is 1.08 bits per heavy atom. The molecule has 0 amide bonds. The molecule has 3 aromatic heterocycles. The topological polar surface area (TPSA) is 68.8 Å². The van der Waals surface area contributed by atoms with Crippen LogP contribution in [0, 0.1) is 6.92 Å². The zero-order valence-corrected chi connectivity index (χ0v) is 14.0. The van der Waals surface area contributed by atoms with E-state index in [0.717, 1.165) is 33.7 Å². The number of pyridine rings is 1. The van der Waals surface area contributed by atoms with E-state index in [0.29, 0.717) is 5.82 Å². The van der Waals surface area contributed by atoms with Crippen LogP contribution in [0.3, 0.4) is 0 Å². The number of aliphatic imine (C=N–C) groups is 1. The summed E-state index contributed by atoms with van der Waals surface area (Å²) in [6.45, 7) is 1.97. The van der Waals surface area contributed by atoms with Gasteiger partial charge in [-0.25, -0.2) is 19.6 Å². The highest BCUT2D eigenvalue weighted by Crippen LogP contribution is 2.23. The molecule has 1 aromatic carbocycles. The molecule has 0 saturated heterocycles. The maximum absolute atomic E-state index is 4.56. The second-order valence-electron chi connectivity index (χ2n) is 5.66. The van der Waals surface area contributed by atoms with Gasteiger partial charge in [0.25, 0.3) is 0 Å². The van der Waals surface area contributed by atoms with E-state index in [2.05, 4.69) is 25.0 Å². The van der Waals surface area contributed by atoms with Crippen molar-refractivity contribution in [3.05, 3.63) is 66.2 Å². The molecule has 25 heavy (non-hydrogen) atoms. The van der Waals surface area contributed by atoms with E-state index in [9.17, 15) is 0 Å². The molecule has 0 aliphatic heterocycles. The average molecular weight is 328 g/mol. The molecular weight excluding hydrogens is 312 g/mol. The molecule has 0 N–H and O–H groups in total. The number of rotatable bonds is 3. The molecule has 4 aromatic rings. The molecule has 0 aliphatic rings. The maximum atomic E-state index is 4.56. The van der Waals surface area contributed by atoms with Crippen LogP contribution >= 0.6 is 0 Å². The summed E-state index contributed by atoms with van der Waals surface area (Å²) in [5, 5.41) is 5.52. The van der Waals surface area contributed by atoms with Crippen molar-refractivity contribution in [2.75, 3.05) is 7.05 Å². The zero-order valence-electron chi connectivity index (χ0n) is 14.0. The van der Waals surface area contributed by atoms with Crippen molar-refractivity contribution in [1.82, 2.24) is 24.7 Å². The predicted molar refractivity (Wildman–Crippen MR) is 98.1 cm³/mol. The van der Waals surface area contributed by atoms with E-state index >= 15 is 0 Å². The second kappa shape index (κ2) is 6.24. The molecule has 4 rings (SSSR count). The van der Waals surface area contributed by atoms with E-state index in [4.69, 9.17) is 0 Å². The number of benzene rings is 1. The van der Waals surface area contributed by atoms with Crippen LogP contribution < -0.4 is 0 Å². The molecule has 0 atom stereocenters. The summed E-state index contributed by atoms with van der Waals surface area (Å²) in [6.07, 6.45) is 5.29. The fourth-order valence-corrected chi connectivity index (χ4v) is 2.70. The van der Waals surface area contributed by atoms with Crippen molar-refractivity contribution in [2.45, 2.75) is 6.92 Å². The third-order valence-electron chi connectivity index (χ3n) is 3.86. The van der Waals surface area contributed by atoms with E-state index in [1.165, 1.54) is 0 Å². The first kappa shape index (κ1) is 15.1. The fourth-order valence-electron chi connectivity index (χ4n) is 2.70. The standard InChI is InChI=1S/C19H16N6/c1-13-4-3-5-18(23-13)25-17-10-14(6-7-15(17)11-22-25)19-21-9-8-16(24-19)12-20-2/h3-12H,1-2H3/b20-12+. The molecule has 0 spiro atoms. The molecule has 122 valence electrons. The van der Waals surface area contributed by atoms with Crippen LogP contribution in [0.2, 0.25) is 0 Å². The molecule has 0 bridgehead atoms. The molecule has 3 heterocycles. The van der Waals surface area contributed by atoms with Crippen molar-refractivity contribution >= 4 is 17.1 Å². The van der Waals surface area contributed by atoms with Gasteiger partial charge in [0.1, 0.15) is 0 Å². The largest absolute Gasteiger partial charge is 0.294 e. The monoisotopic (exact) mass is 328 g/mol. The lowest BCUT2D eigenvalue weighted by Gasteiger charge is -2.05. The lowest BCUT2D eigenvalue weighted by molar-refractivity contribution is 0.867. The lowest BCUT2D eigenvalue weighted by atomic mass is 10.1. The van der Waals surface area contributed by atoms with Crippen molar-refractivity contribution in [2.24, 2.45) is 4.99 Å². The Balaban J connectivity index is 1.85. The molecular formula is C19H16N6. The summed E-state index contributed by atoms with van der Waals surface area (Å²) >= 11 is 0. The maximum Gasteiger partial charge on any atom is 0.159 e. The summed E-state index contributed by atoms with van der Waals surface area (Å²) in [6, 6.07) is 13.8. The fraction of sp³-hybridized carbons (Fsp3) is 0.105. The minimum absolute atomic E-state index is 0.657. The summed E-state index contributed by atoms with van der Waals surface area (Å²) in [4.78, 5) is 17.5. The third kappa shape index (κ3) is 2.89. The Hall–Kier alpha value is -3.41. The summed E-state index contributed by atoms with van der Waals surface area (Å²) in [5.74, 6) is 1.45. The molecule has 0 radical (unpaired) electrons. The van der Waals surface area contributed by atoms with Gasteiger partial charge in [0.15, 0.2) is 11.6 Å². The molecule has 0 aliphatic carbocycles. The number of aromatic nitrogens is 5. The summed E-state index contributed by atoms with van der Waals surface area (Å²) in [7, 11) is 1.72. The number of nitrogens with zero attached hydrogens (tertiary/aromatic N) is 6.